The third-order valence-corrected chi connectivity index (χ3v) is 2.08. The zero-order valence-electron chi connectivity index (χ0n) is 9.18. The van der Waals surface area contributed by atoms with Crippen molar-refractivity contribution in [1.29, 1.82) is 0 Å². The molecule has 0 aromatic carbocycles. The lowest BCUT2D eigenvalue weighted by Gasteiger charge is -2.08. The van der Waals surface area contributed by atoms with Gasteiger partial charge in [0.05, 0.1) is 6.33 Å². The Morgan fingerprint density at radius 2 is 2.17 bits per heavy atom. The molecule has 0 fully saturated rings. The molecule has 0 aliphatic carbocycles. The molecule has 0 atom stereocenters. The third kappa shape index (κ3) is 2.43. The van der Waals surface area contributed by atoms with Gasteiger partial charge in [-0.2, -0.15) is 0 Å². The summed E-state index contributed by atoms with van der Waals surface area (Å²) in [6.45, 7) is 0. The van der Waals surface area contributed by atoms with Crippen LogP contribution in [0.5, 0.6) is 0 Å². The maximum Gasteiger partial charge on any atom is 0.288 e. The molecule has 8 heteroatoms. The third-order valence-electron chi connectivity index (χ3n) is 2.08. The first-order valence-corrected chi connectivity index (χ1v) is 4.99. The second-order valence-corrected chi connectivity index (χ2v) is 3.29. The van der Waals surface area contributed by atoms with E-state index in [2.05, 4.69) is 25.8 Å². The Kier molecular flexibility index (Phi) is 3.19. The predicted molar refractivity (Wildman–Crippen MR) is 64.6 cm³/mol. The number of nitrogens with one attached hydrogen (secondary N) is 3. The smallest absolute Gasteiger partial charge is 0.288 e. The highest BCUT2D eigenvalue weighted by atomic mass is 16.2. The molecular weight excluding hydrogens is 236 g/mol. The average molecular weight is 246 g/mol. The number of hydrogen-bond donors (Lipinski definition) is 4. The number of anilines is 2. The monoisotopic (exact) mass is 246 g/mol. The van der Waals surface area contributed by atoms with Crippen molar-refractivity contribution in [3.8, 4) is 0 Å². The van der Waals surface area contributed by atoms with Gasteiger partial charge in [0.25, 0.3) is 11.5 Å². The van der Waals surface area contributed by atoms with E-state index in [0.29, 0.717) is 0 Å². The van der Waals surface area contributed by atoms with Crippen LogP contribution in [0.15, 0.2) is 35.5 Å². The molecule has 1 amide bonds. The average Bonchev–Trinajstić information content (AvgIpc) is 2.41. The normalized spacial score (nSPS) is 9.78. The van der Waals surface area contributed by atoms with Crippen molar-refractivity contribution < 1.29 is 4.79 Å². The molecule has 5 N–H and O–H groups in total. The Labute approximate surface area is 101 Å². The van der Waals surface area contributed by atoms with Gasteiger partial charge in [0.15, 0.2) is 5.82 Å². The van der Waals surface area contributed by atoms with Gasteiger partial charge in [-0.05, 0) is 12.1 Å². The fourth-order valence-electron chi connectivity index (χ4n) is 1.19. The lowest BCUT2D eigenvalue weighted by atomic mass is 10.3. The minimum absolute atomic E-state index is 0.0723. The van der Waals surface area contributed by atoms with Crippen LogP contribution in [-0.4, -0.2) is 20.9 Å². The maximum absolute atomic E-state index is 11.6. The van der Waals surface area contributed by atoms with Crippen LogP contribution < -0.4 is 22.1 Å². The number of amides is 1. The standard InChI is InChI=1S/C10H10N6O2/c11-7-8(13-5-14-10(7)18)15-16-9(17)6-3-1-2-4-12-6/h1-5H,11H2,(H,16,17)(H2,13,14,15,18). The number of carbonyl (C=O) groups is 1. The number of aromatic nitrogens is 3. The zero-order chi connectivity index (χ0) is 13.0. The predicted octanol–water partition coefficient (Wildman–Crippen LogP) is -0.496. The van der Waals surface area contributed by atoms with Crippen LogP contribution in [0.1, 0.15) is 10.5 Å². The number of aromatic amines is 1. The van der Waals surface area contributed by atoms with Gasteiger partial charge < -0.3 is 10.7 Å². The van der Waals surface area contributed by atoms with Gasteiger partial charge in [0.1, 0.15) is 11.4 Å². The fraction of sp³-hybridized carbons (Fsp3) is 0. The van der Waals surface area contributed by atoms with Crippen LogP contribution in [0.3, 0.4) is 0 Å². The molecular formula is C10H10N6O2. The minimum atomic E-state index is -0.486. The largest absolute Gasteiger partial charge is 0.391 e. The summed E-state index contributed by atoms with van der Waals surface area (Å²) >= 11 is 0. The number of carbonyl (C=O) groups excluding carboxylic acids is 1. The van der Waals surface area contributed by atoms with Crippen molar-refractivity contribution in [3.63, 3.8) is 0 Å². The van der Waals surface area contributed by atoms with Crippen molar-refractivity contribution in [3.05, 3.63) is 46.8 Å². The molecule has 2 aromatic heterocycles. The molecule has 92 valence electrons. The van der Waals surface area contributed by atoms with Crippen LogP contribution in [0, 0.1) is 0 Å². The second kappa shape index (κ2) is 4.95. The van der Waals surface area contributed by atoms with Gasteiger partial charge >= 0.3 is 0 Å². The van der Waals surface area contributed by atoms with E-state index in [4.69, 9.17) is 5.73 Å². The van der Waals surface area contributed by atoms with Gasteiger partial charge in [0, 0.05) is 6.20 Å². The lowest BCUT2D eigenvalue weighted by Crippen LogP contribution is -2.32. The molecule has 0 aliphatic rings. The number of nitrogens with zero attached hydrogens (tertiary/aromatic N) is 2. The summed E-state index contributed by atoms with van der Waals surface area (Å²) in [6, 6.07) is 4.92. The topological polar surface area (TPSA) is 126 Å². The summed E-state index contributed by atoms with van der Waals surface area (Å²) in [5, 5.41) is 0. The summed E-state index contributed by atoms with van der Waals surface area (Å²) in [5.74, 6) is -0.389. The van der Waals surface area contributed by atoms with Gasteiger partial charge in [-0.1, -0.05) is 6.07 Å². The van der Waals surface area contributed by atoms with E-state index in [9.17, 15) is 9.59 Å². The summed E-state index contributed by atoms with van der Waals surface area (Å²) in [5.41, 5.74) is 9.90. The molecule has 0 saturated heterocycles. The second-order valence-electron chi connectivity index (χ2n) is 3.29. The molecule has 0 unspecified atom stereocenters. The van der Waals surface area contributed by atoms with Crippen molar-refractivity contribution in [2.24, 2.45) is 0 Å². The number of H-pyrrole nitrogens is 1. The van der Waals surface area contributed by atoms with E-state index >= 15 is 0 Å². The molecule has 2 aromatic rings. The molecule has 2 rings (SSSR count). The van der Waals surface area contributed by atoms with E-state index in [1.165, 1.54) is 12.5 Å². The highest BCUT2D eigenvalue weighted by Crippen LogP contribution is 2.05. The number of hydrazine groups is 1. The van der Waals surface area contributed by atoms with Crippen LogP contribution in [-0.2, 0) is 0 Å². The molecule has 0 radical (unpaired) electrons. The summed E-state index contributed by atoms with van der Waals surface area (Å²) in [7, 11) is 0. The SMILES string of the molecule is Nc1c(NNC(=O)c2ccccn2)nc[nH]c1=O. The molecule has 0 aliphatic heterocycles. The van der Waals surface area contributed by atoms with Gasteiger partial charge in [-0.25, -0.2) is 4.98 Å². The number of nitrogen functional groups attached to an aromatic ring is 1. The highest BCUT2D eigenvalue weighted by molar-refractivity contribution is 5.93. The summed E-state index contributed by atoms with van der Waals surface area (Å²) in [6.07, 6.45) is 2.67. The van der Waals surface area contributed by atoms with Gasteiger partial charge in [-0.3, -0.25) is 25.4 Å². The van der Waals surface area contributed by atoms with E-state index in [1.54, 1.807) is 18.2 Å². The molecule has 0 spiro atoms. The van der Waals surface area contributed by atoms with Crippen LogP contribution in [0.25, 0.3) is 0 Å². The Hall–Kier alpha value is -2.90. The van der Waals surface area contributed by atoms with Crippen LogP contribution in [0.4, 0.5) is 11.5 Å². The van der Waals surface area contributed by atoms with Crippen molar-refractivity contribution in [2.45, 2.75) is 0 Å². The molecule has 0 bridgehead atoms. The Balaban J connectivity index is 2.07. The van der Waals surface area contributed by atoms with Gasteiger partial charge in [0.2, 0.25) is 0 Å². The van der Waals surface area contributed by atoms with Crippen molar-refractivity contribution >= 4 is 17.4 Å². The summed E-state index contributed by atoms with van der Waals surface area (Å²) in [4.78, 5) is 32.7. The van der Waals surface area contributed by atoms with Crippen molar-refractivity contribution in [1.82, 2.24) is 20.4 Å². The maximum atomic E-state index is 11.6. The number of pyridine rings is 1. The Morgan fingerprint density at radius 3 is 2.89 bits per heavy atom. The van der Waals surface area contributed by atoms with E-state index in [-0.39, 0.29) is 17.2 Å². The highest BCUT2D eigenvalue weighted by Gasteiger charge is 2.08. The minimum Gasteiger partial charge on any atom is -0.391 e. The number of hydrogen-bond acceptors (Lipinski definition) is 6. The zero-order valence-corrected chi connectivity index (χ0v) is 9.18. The molecule has 2 heterocycles. The van der Waals surface area contributed by atoms with E-state index in [1.807, 2.05) is 0 Å². The van der Waals surface area contributed by atoms with E-state index in [0.717, 1.165) is 0 Å². The number of rotatable bonds is 3. The lowest BCUT2D eigenvalue weighted by molar-refractivity contribution is 0.0957. The van der Waals surface area contributed by atoms with E-state index < -0.39 is 11.5 Å². The first-order chi connectivity index (χ1) is 8.68. The Morgan fingerprint density at radius 1 is 1.33 bits per heavy atom. The van der Waals surface area contributed by atoms with Crippen LogP contribution >= 0.6 is 0 Å². The summed E-state index contributed by atoms with van der Waals surface area (Å²) < 4.78 is 0. The first kappa shape index (κ1) is 11.6. The number of nitrogens with two attached hydrogens (primary N) is 1. The molecule has 0 saturated carbocycles. The first-order valence-electron chi connectivity index (χ1n) is 4.99. The van der Waals surface area contributed by atoms with Crippen molar-refractivity contribution in [2.75, 3.05) is 11.2 Å². The van der Waals surface area contributed by atoms with Gasteiger partial charge in [-0.15, -0.1) is 0 Å². The fourth-order valence-corrected chi connectivity index (χ4v) is 1.19. The Bertz CT molecular complexity index is 609. The quantitative estimate of drug-likeness (QED) is 0.541. The molecule has 18 heavy (non-hydrogen) atoms. The molecule has 8 nitrogen and oxygen atoms in total. The van der Waals surface area contributed by atoms with Crippen LogP contribution in [0.2, 0.25) is 0 Å².